The summed E-state index contributed by atoms with van der Waals surface area (Å²) in [5.41, 5.74) is 0. The van der Waals surface area contributed by atoms with E-state index in [1.165, 1.54) is 13.8 Å². The molecule has 0 N–H and O–H groups in total. The van der Waals surface area contributed by atoms with Crippen molar-refractivity contribution >= 4 is 38.2 Å². The monoisotopic (exact) mass is 462 g/mol. The number of benzene rings is 2. The summed E-state index contributed by atoms with van der Waals surface area (Å²) < 4.78 is 23.1. The molecule has 0 aliphatic rings. The molecule has 0 saturated carbocycles. The molecule has 0 bridgehead atoms. The van der Waals surface area contributed by atoms with Crippen LogP contribution < -0.4 is 16.7 Å². The second-order valence-corrected chi connectivity index (χ2v) is 11.5. The Hall–Kier alpha value is -2.23. The van der Waals surface area contributed by atoms with Crippen LogP contribution in [0.15, 0.2) is 48.5 Å². The van der Waals surface area contributed by atoms with E-state index in [-0.39, 0.29) is 0 Å². The van der Waals surface area contributed by atoms with Gasteiger partial charge in [-0.1, -0.05) is 0 Å². The Morgan fingerprint density at radius 1 is 0.680 bits per heavy atom. The Kier molecular flexibility index (Phi) is 6.29. The topological polar surface area (TPSA) is 71.1 Å². The second kappa shape index (κ2) is 8.23. The summed E-state index contributed by atoms with van der Waals surface area (Å²) in [7, 11) is 3.12. The van der Waals surface area contributed by atoms with Gasteiger partial charge in [-0.15, -0.1) is 0 Å². The van der Waals surface area contributed by atoms with Crippen LogP contribution in [0.4, 0.5) is 0 Å². The van der Waals surface area contributed by atoms with Crippen molar-refractivity contribution in [1.82, 2.24) is 0 Å². The van der Waals surface area contributed by atoms with Crippen molar-refractivity contribution in [3.8, 4) is 11.5 Å². The van der Waals surface area contributed by atoms with E-state index in [4.69, 9.17) is 15.7 Å². The average Bonchev–Trinajstić information content (AvgIpc) is 2.60. The zero-order chi connectivity index (χ0) is 18.4. The summed E-state index contributed by atoms with van der Waals surface area (Å²) in [5.74, 6) is 0.296. The molecule has 0 aliphatic heterocycles. The van der Waals surface area contributed by atoms with Gasteiger partial charge in [0.2, 0.25) is 0 Å². The molecular formula is C18H20O6Te. The molecule has 0 unspecified atom stereocenters. The van der Waals surface area contributed by atoms with Crippen LogP contribution >= 0.6 is 0 Å². The van der Waals surface area contributed by atoms with E-state index < -0.39 is 30.9 Å². The van der Waals surface area contributed by atoms with Gasteiger partial charge in [0.15, 0.2) is 0 Å². The average molecular weight is 460 g/mol. The van der Waals surface area contributed by atoms with E-state index in [2.05, 4.69) is 0 Å². The van der Waals surface area contributed by atoms with Gasteiger partial charge >= 0.3 is 152 Å². The first-order valence-corrected chi connectivity index (χ1v) is 11.7. The molecule has 2 aromatic rings. The molecule has 0 radical (unpaired) electrons. The molecule has 0 atom stereocenters. The predicted octanol–water partition coefficient (Wildman–Crippen LogP) is 1.39. The van der Waals surface area contributed by atoms with E-state index in [0.29, 0.717) is 18.7 Å². The molecule has 2 aromatic carbocycles. The third-order valence-corrected chi connectivity index (χ3v) is 11.0. The molecule has 0 spiro atoms. The van der Waals surface area contributed by atoms with Gasteiger partial charge in [-0.3, -0.25) is 0 Å². The van der Waals surface area contributed by atoms with E-state index in [0.717, 1.165) is 0 Å². The maximum atomic E-state index is 11.8. The predicted molar refractivity (Wildman–Crippen MR) is 94.5 cm³/mol. The second-order valence-electron chi connectivity index (χ2n) is 5.00. The van der Waals surface area contributed by atoms with Gasteiger partial charge in [0, 0.05) is 0 Å². The Morgan fingerprint density at radius 3 is 1.24 bits per heavy atom. The molecule has 0 aromatic heterocycles. The Bertz CT molecular complexity index is 674. The van der Waals surface area contributed by atoms with Crippen molar-refractivity contribution in [3.05, 3.63) is 48.5 Å². The van der Waals surface area contributed by atoms with Crippen molar-refractivity contribution in [2.75, 3.05) is 14.2 Å². The van der Waals surface area contributed by atoms with Gasteiger partial charge in [0.1, 0.15) is 0 Å². The number of carbonyl (C=O) groups excluding carboxylic acids is 2. The summed E-state index contributed by atoms with van der Waals surface area (Å²) in [6, 6.07) is 14.0. The number of hydrogen-bond donors (Lipinski definition) is 0. The summed E-state index contributed by atoms with van der Waals surface area (Å²) in [6.07, 6.45) is 0. The van der Waals surface area contributed by atoms with Crippen LogP contribution in [-0.4, -0.2) is 45.2 Å². The van der Waals surface area contributed by atoms with Crippen LogP contribution in [0.1, 0.15) is 13.8 Å². The maximum absolute atomic E-state index is 11.8. The number of ether oxygens (including phenoxy) is 2. The first kappa shape index (κ1) is 19.1. The summed E-state index contributed by atoms with van der Waals surface area (Å²) >= 11 is -4.24. The van der Waals surface area contributed by atoms with Gasteiger partial charge in [-0.2, -0.15) is 0 Å². The number of rotatable bonds is 6. The van der Waals surface area contributed by atoms with Gasteiger partial charge < -0.3 is 0 Å². The fraction of sp³-hybridized carbons (Fsp3) is 0.222. The van der Waals surface area contributed by atoms with Crippen LogP contribution in [0.3, 0.4) is 0 Å². The van der Waals surface area contributed by atoms with Crippen molar-refractivity contribution in [2.45, 2.75) is 13.8 Å². The number of methoxy groups -OCH3 is 2. The first-order valence-electron chi connectivity index (χ1n) is 7.43. The Labute approximate surface area is 151 Å². The van der Waals surface area contributed by atoms with Gasteiger partial charge in [-0.05, 0) is 0 Å². The Morgan fingerprint density at radius 2 is 1.00 bits per heavy atom. The summed E-state index contributed by atoms with van der Waals surface area (Å²) in [6.45, 7) is 2.61. The van der Waals surface area contributed by atoms with Crippen molar-refractivity contribution in [2.24, 2.45) is 0 Å². The van der Waals surface area contributed by atoms with E-state index in [1.54, 1.807) is 62.8 Å². The molecule has 25 heavy (non-hydrogen) atoms. The number of carbonyl (C=O) groups is 2. The number of hydrogen-bond acceptors (Lipinski definition) is 6. The zero-order valence-corrected chi connectivity index (χ0v) is 16.8. The van der Waals surface area contributed by atoms with Crippen molar-refractivity contribution in [1.29, 1.82) is 0 Å². The van der Waals surface area contributed by atoms with Gasteiger partial charge in [-0.25, -0.2) is 0 Å². The minimum atomic E-state index is -4.24. The summed E-state index contributed by atoms with van der Waals surface area (Å²) in [5, 5.41) is 0. The molecule has 0 saturated heterocycles. The molecule has 7 heteroatoms. The van der Waals surface area contributed by atoms with Crippen LogP contribution in [0.2, 0.25) is 0 Å². The SMILES string of the molecule is COc1ccc([Te](OC(C)=O)(OC(C)=O)c2ccc(OC)cc2)cc1. The first-order chi connectivity index (χ1) is 11.9. The Balaban J connectivity index is 2.63. The third kappa shape index (κ3) is 4.44. The van der Waals surface area contributed by atoms with Crippen LogP contribution in [0.25, 0.3) is 0 Å². The normalized spacial score (nSPS) is 11.4. The molecule has 0 fully saturated rings. The molecule has 6 nitrogen and oxygen atoms in total. The fourth-order valence-corrected chi connectivity index (χ4v) is 8.87. The van der Waals surface area contributed by atoms with Crippen molar-refractivity contribution in [3.63, 3.8) is 0 Å². The molecule has 0 heterocycles. The molecule has 0 amide bonds. The van der Waals surface area contributed by atoms with Crippen LogP contribution in [-0.2, 0) is 15.8 Å². The summed E-state index contributed by atoms with van der Waals surface area (Å²) in [4.78, 5) is 23.6. The van der Waals surface area contributed by atoms with Gasteiger partial charge in [0.25, 0.3) is 0 Å². The quantitative estimate of drug-likeness (QED) is 0.608. The fourth-order valence-electron chi connectivity index (χ4n) is 2.19. The van der Waals surface area contributed by atoms with E-state index >= 15 is 0 Å². The van der Waals surface area contributed by atoms with E-state index in [1.807, 2.05) is 0 Å². The molecule has 0 aliphatic carbocycles. The molecule has 134 valence electrons. The van der Waals surface area contributed by atoms with Gasteiger partial charge in [0.05, 0.1) is 0 Å². The molecular weight excluding hydrogens is 440 g/mol. The standard InChI is InChI=1S/C18H20O6Te/c1-13(19)23-25(24-14(2)20,17-9-5-15(21-3)6-10-17)18-11-7-16(22-4)8-12-18/h5-12H,1-4H3. The molecule has 2 rings (SSSR count). The third-order valence-electron chi connectivity index (χ3n) is 3.21. The zero-order valence-electron chi connectivity index (χ0n) is 14.5. The van der Waals surface area contributed by atoms with Crippen LogP contribution in [0, 0.1) is 0 Å². The van der Waals surface area contributed by atoms with Crippen LogP contribution in [0.5, 0.6) is 11.5 Å². The van der Waals surface area contributed by atoms with E-state index in [9.17, 15) is 9.59 Å². The van der Waals surface area contributed by atoms with Crippen molar-refractivity contribution < 1.29 is 25.3 Å². The minimum absolute atomic E-state index is 0.505.